The van der Waals surface area contributed by atoms with E-state index in [4.69, 9.17) is 4.52 Å². The number of carbonyl (C=O) groups is 1. The fourth-order valence-electron chi connectivity index (χ4n) is 3.47. The molecule has 0 unspecified atom stereocenters. The van der Waals surface area contributed by atoms with Crippen LogP contribution in [-0.4, -0.2) is 35.8 Å². The van der Waals surface area contributed by atoms with Crippen LogP contribution in [0.15, 0.2) is 59.1 Å². The van der Waals surface area contributed by atoms with Crippen LogP contribution in [0.5, 0.6) is 0 Å². The summed E-state index contributed by atoms with van der Waals surface area (Å²) in [7, 11) is 0. The van der Waals surface area contributed by atoms with E-state index in [1.165, 1.54) is 6.33 Å². The van der Waals surface area contributed by atoms with Crippen molar-refractivity contribution >= 4 is 34.2 Å². The van der Waals surface area contributed by atoms with Gasteiger partial charge in [0, 0.05) is 18.2 Å². The van der Waals surface area contributed by atoms with Crippen LogP contribution in [0, 0.1) is 0 Å². The first-order valence-electron chi connectivity index (χ1n) is 9.73. The highest BCUT2D eigenvalue weighted by molar-refractivity contribution is 7.13. The number of carbonyl (C=O) groups excluding carboxylic acids is 1. The van der Waals surface area contributed by atoms with Gasteiger partial charge in [-0.3, -0.25) is 4.79 Å². The summed E-state index contributed by atoms with van der Waals surface area (Å²) in [5, 5.41) is 14.2. The fourth-order valence-corrected chi connectivity index (χ4v) is 4.15. The van der Waals surface area contributed by atoms with E-state index in [9.17, 15) is 4.79 Å². The molecule has 1 N–H and O–H groups in total. The number of hydrogen-bond donors (Lipinski definition) is 1. The van der Waals surface area contributed by atoms with E-state index in [-0.39, 0.29) is 5.91 Å². The van der Waals surface area contributed by atoms with Gasteiger partial charge in [0.1, 0.15) is 12.0 Å². The lowest BCUT2D eigenvalue weighted by molar-refractivity contribution is 0.102. The number of aromatic nitrogens is 6. The maximum atomic E-state index is 13.3. The molecule has 1 aliphatic rings. The molecule has 10 heteroatoms. The number of amides is 1. The highest BCUT2D eigenvalue weighted by atomic mass is 32.1. The molecule has 0 aromatic carbocycles. The lowest BCUT2D eigenvalue weighted by atomic mass is 10.1. The molecular formula is C21H15N7O2S. The number of nitrogens with one attached hydrogen (secondary N) is 1. The molecule has 0 saturated heterocycles. The molecule has 0 atom stereocenters. The monoisotopic (exact) mass is 429 g/mol. The minimum absolute atomic E-state index is 0.287. The zero-order chi connectivity index (χ0) is 20.8. The molecule has 31 heavy (non-hydrogen) atoms. The third kappa shape index (κ3) is 3.26. The van der Waals surface area contributed by atoms with E-state index in [0.717, 1.165) is 23.4 Å². The highest BCUT2D eigenvalue weighted by Gasteiger charge is 2.32. The number of thiophene rings is 1. The van der Waals surface area contributed by atoms with Crippen molar-refractivity contribution in [2.24, 2.45) is 0 Å². The van der Waals surface area contributed by atoms with Gasteiger partial charge in [0.05, 0.1) is 39.6 Å². The Hall–Kier alpha value is -3.92. The molecule has 0 spiro atoms. The molecule has 9 nitrogen and oxygen atoms in total. The lowest BCUT2D eigenvalue weighted by Gasteiger charge is -2.06. The number of anilines is 1. The second-order valence-corrected chi connectivity index (χ2v) is 8.20. The normalized spacial score (nSPS) is 13.5. The predicted octanol–water partition coefficient (Wildman–Crippen LogP) is 4.06. The minimum atomic E-state index is -0.287. The highest BCUT2D eigenvalue weighted by Crippen LogP contribution is 2.43. The van der Waals surface area contributed by atoms with Gasteiger partial charge >= 0.3 is 0 Å². The molecule has 6 rings (SSSR count). The lowest BCUT2D eigenvalue weighted by Crippen LogP contribution is -2.14. The van der Waals surface area contributed by atoms with Gasteiger partial charge in [-0.25, -0.2) is 19.6 Å². The van der Waals surface area contributed by atoms with Crippen molar-refractivity contribution in [3.63, 3.8) is 0 Å². The molecule has 1 amide bonds. The molecule has 0 aliphatic heterocycles. The van der Waals surface area contributed by atoms with Gasteiger partial charge in [-0.05, 0) is 30.4 Å². The molecule has 5 heterocycles. The Bertz CT molecular complexity index is 1390. The van der Waals surface area contributed by atoms with E-state index in [0.29, 0.717) is 39.8 Å². The zero-order valence-electron chi connectivity index (χ0n) is 16.1. The first-order valence-corrected chi connectivity index (χ1v) is 10.6. The van der Waals surface area contributed by atoms with Gasteiger partial charge in [0.2, 0.25) is 0 Å². The number of fused-ring (bicyclic) bond motifs is 1. The SMILES string of the molecule is O=C(Nc1ccn(-c2cncnc2)n1)c1cc(-c2cccs2)nc2onc(C3CC3)c12. The predicted molar refractivity (Wildman–Crippen MR) is 114 cm³/mol. The van der Waals surface area contributed by atoms with E-state index in [1.54, 1.807) is 46.7 Å². The van der Waals surface area contributed by atoms with Crippen molar-refractivity contribution < 1.29 is 9.32 Å². The van der Waals surface area contributed by atoms with Gasteiger partial charge < -0.3 is 9.84 Å². The molecule has 1 saturated carbocycles. The Balaban J connectivity index is 1.39. The summed E-state index contributed by atoms with van der Waals surface area (Å²) >= 11 is 1.55. The average Bonchev–Trinajstić information content (AvgIpc) is 3.21. The van der Waals surface area contributed by atoms with E-state index < -0.39 is 0 Å². The van der Waals surface area contributed by atoms with Crippen LogP contribution in [0.2, 0.25) is 0 Å². The molecule has 5 aromatic rings. The largest absolute Gasteiger partial charge is 0.335 e. The molecule has 1 aliphatic carbocycles. The maximum absolute atomic E-state index is 13.3. The van der Waals surface area contributed by atoms with E-state index in [2.05, 4.69) is 30.5 Å². The second-order valence-electron chi connectivity index (χ2n) is 7.25. The van der Waals surface area contributed by atoms with Crippen LogP contribution in [0.3, 0.4) is 0 Å². The Kier molecular flexibility index (Phi) is 4.10. The number of pyridine rings is 1. The Morgan fingerprint density at radius 2 is 2.10 bits per heavy atom. The van der Waals surface area contributed by atoms with Crippen molar-refractivity contribution in [2.75, 3.05) is 5.32 Å². The summed E-state index contributed by atoms with van der Waals surface area (Å²) in [5.74, 6) is 0.449. The van der Waals surface area contributed by atoms with Gasteiger partial charge in [-0.2, -0.15) is 0 Å². The number of nitrogens with zero attached hydrogens (tertiary/aromatic N) is 6. The quantitative estimate of drug-likeness (QED) is 0.448. The van der Waals surface area contributed by atoms with Crippen LogP contribution in [0.1, 0.15) is 34.8 Å². The van der Waals surface area contributed by atoms with Crippen LogP contribution in [0.25, 0.3) is 27.4 Å². The summed E-state index contributed by atoms with van der Waals surface area (Å²) in [6, 6.07) is 7.43. The van der Waals surface area contributed by atoms with Gasteiger partial charge in [0.15, 0.2) is 5.82 Å². The number of hydrogen-bond acceptors (Lipinski definition) is 8. The third-order valence-corrected chi connectivity index (χ3v) is 5.99. The smallest absolute Gasteiger partial charge is 0.259 e. The van der Waals surface area contributed by atoms with Crippen molar-refractivity contribution in [1.29, 1.82) is 0 Å². The van der Waals surface area contributed by atoms with E-state index in [1.807, 2.05) is 17.5 Å². The first kappa shape index (κ1) is 17.9. The third-order valence-electron chi connectivity index (χ3n) is 5.10. The van der Waals surface area contributed by atoms with E-state index >= 15 is 0 Å². The molecule has 5 aromatic heterocycles. The topological polar surface area (TPSA) is 112 Å². The maximum Gasteiger partial charge on any atom is 0.259 e. The number of rotatable bonds is 5. The molecule has 1 fully saturated rings. The standard InChI is InChI=1S/C21H15N7O2S/c29-20(25-17-5-6-28(26-17)13-9-22-11-23-10-13)14-8-15(16-2-1-7-31-16)24-21-18(14)19(27-30-21)12-3-4-12/h1-2,5-12H,3-4H2,(H,25,26,29). The Morgan fingerprint density at radius 1 is 1.23 bits per heavy atom. The zero-order valence-corrected chi connectivity index (χ0v) is 16.9. The second kappa shape index (κ2) is 7.10. The van der Waals surface area contributed by atoms with Crippen LogP contribution in [0.4, 0.5) is 5.82 Å². The first-order chi connectivity index (χ1) is 15.3. The van der Waals surface area contributed by atoms with Crippen molar-refractivity contribution in [2.45, 2.75) is 18.8 Å². The molecule has 0 radical (unpaired) electrons. The van der Waals surface area contributed by atoms with Gasteiger partial charge in [0.25, 0.3) is 11.6 Å². The molecule has 0 bridgehead atoms. The Morgan fingerprint density at radius 3 is 2.87 bits per heavy atom. The minimum Gasteiger partial charge on any atom is -0.335 e. The van der Waals surface area contributed by atoms with Crippen LogP contribution < -0.4 is 5.32 Å². The van der Waals surface area contributed by atoms with Gasteiger partial charge in [-0.15, -0.1) is 16.4 Å². The van der Waals surface area contributed by atoms with Crippen molar-refractivity contribution in [1.82, 2.24) is 29.9 Å². The Labute approximate surface area is 179 Å². The van der Waals surface area contributed by atoms with Gasteiger partial charge in [-0.1, -0.05) is 11.2 Å². The summed E-state index contributed by atoms with van der Waals surface area (Å²) in [4.78, 5) is 26.9. The van der Waals surface area contributed by atoms with Crippen LogP contribution >= 0.6 is 11.3 Å². The molecule has 152 valence electrons. The molecular weight excluding hydrogens is 414 g/mol. The van der Waals surface area contributed by atoms with Crippen molar-refractivity contribution in [3.8, 4) is 16.3 Å². The van der Waals surface area contributed by atoms with Crippen molar-refractivity contribution in [3.05, 3.63) is 65.8 Å². The summed E-state index contributed by atoms with van der Waals surface area (Å²) < 4.78 is 7.12. The summed E-state index contributed by atoms with van der Waals surface area (Å²) in [5.41, 5.74) is 3.04. The van der Waals surface area contributed by atoms with Crippen LogP contribution in [-0.2, 0) is 0 Å². The fraction of sp³-hybridized carbons (Fsp3) is 0.143. The summed E-state index contributed by atoms with van der Waals surface area (Å²) in [6.07, 6.45) is 8.56. The average molecular weight is 429 g/mol. The summed E-state index contributed by atoms with van der Waals surface area (Å²) in [6.45, 7) is 0.